The Morgan fingerprint density at radius 2 is 2.10 bits per heavy atom. The summed E-state index contributed by atoms with van der Waals surface area (Å²) in [7, 11) is 0. The third-order valence-electron chi connectivity index (χ3n) is 4.34. The molecule has 2 aliphatic carbocycles. The van der Waals surface area contributed by atoms with Crippen LogP contribution in [0.3, 0.4) is 0 Å². The number of nitrogens with one attached hydrogen (secondary N) is 2. The lowest BCUT2D eigenvalue weighted by Gasteiger charge is -2.22. The molecular formula is C17H30N2O2. The molecule has 2 bridgehead atoms. The van der Waals surface area contributed by atoms with Gasteiger partial charge < -0.3 is 15.4 Å². The van der Waals surface area contributed by atoms with Crippen LogP contribution in [0.25, 0.3) is 0 Å². The number of carbonyl (C=O) groups excluding carboxylic acids is 1. The van der Waals surface area contributed by atoms with E-state index in [0.717, 1.165) is 37.3 Å². The number of rotatable bonds is 6. The number of amides is 1. The van der Waals surface area contributed by atoms with Gasteiger partial charge in [-0.1, -0.05) is 12.2 Å². The molecule has 0 radical (unpaired) electrons. The van der Waals surface area contributed by atoms with Crippen LogP contribution in [0.15, 0.2) is 12.2 Å². The molecule has 0 saturated heterocycles. The molecule has 4 heteroatoms. The summed E-state index contributed by atoms with van der Waals surface area (Å²) in [6.45, 7) is 9.69. The van der Waals surface area contributed by atoms with E-state index in [-0.39, 0.29) is 12.1 Å². The van der Waals surface area contributed by atoms with Gasteiger partial charge in [-0.2, -0.15) is 0 Å². The van der Waals surface area contributed by atoms with Crippen molar-refractivity contribution in [1.29, 1.82) is 0 Å². The molecule has 4 nitrogen and oxygen atoms in total. The predicted octanol–water partition coefficient (Wildman–Crippen LogP) is 3.09. The van der Waals surface area contributed by atoms with Crippen LogP contribution in [-0.2, 0) is 4.74 Å². The molecule has 1 saturated carbocycles. The summed E-state index contributed by atoms with van der Waals surface area (Å²) < 4.78 is 5.25. The maximum absolute atomic E-state index is 11.6. The summed E-state index contributed by atoms with van der Waals surface area (Å²) >= 11 is 0. The second kappa shape index (κ2) is 6.82. The van der Waals surface area contributed by atoms with Crippen molar-refractivity contribution >= 4 is 6.09 Å². The second-order valence-electron chi connectivity index (χ2n) is 7.58. The minimum absolute atomic E-state index is 0.132. The monoisotopic (exact) mass is 294 g/mol. The van der Waals surface area contributed by atoms with Gasteiger partial charge >= 0.3 is 6.09 Å². The van der Waals surface area contributed by atoms with E-state index in [4.69, 9.17) is 4.74 Å². The Kier molecular flexibility index (Phi) is 5.31. The van der Waals surface area contributed by atoms with E-state index in [0.29, 0.717) is 0 Å². The minimum Gasteiger partial charge on any atom is -0.444 e. The van der Waals surface area contributed by atoms with Crippen molar-refractivity contribution in [3.63, 3.8) is 0 Å². The summed E-state index contributed by atoms with van der Waals surface area (Å²) in [6, 6.07) is 0.132. The zero-order valence-corrected chi connectivity index (χ0v) is 13.8. The molecule has 0 heterocycles. The van der Waals surface area contributed by atoms with E-state index >= 15 is 0 Å². The Hall–Kier alpha value is -1.03. The Bertz CT molecular complexity index is 387. The first-order chi connectivity index (χ1) is 9.83. The molecule has 1 amide bonds. The molecule has 0 spiro atoms. The Balaban J connectivity index is 1.54. The maximum Gasteiger partial charge on any atom is 0.407 e. The highest BCUT2D eigenvalue weighted by atomic mass is 16.6. The smallest absolute Gasteiger partial charge is 0.407 e. The van der Waals surface area contributed by atoms with Crippen LogP contribution in [0, 0.1) is 17.8 Å². The summed E-state index contributed by atoms with van der Waals surface area (Å²) in [5.41, 5.74) is -0.433. The average molecular weight is 294 g/mol. The zero-order valence-electron chi connectivity index (χ0n) is 13.8. The first kappa shape index (κ1) is 16.3. The quantitative estimate of drug-likeness (QED) is 0.584. The Labute approximate surface area is 128 Å². The number of hydrogen-bond donors (Lipinski definition) is 2. The van der Waals surface area contributed by atoms with Gasteiger partial charge in [0.1, 0.15) is 5.60 Å². The number of carbonyl (C=O) groups is 1. The molecule has 0 aromatic rings. The second-order valence-corrected chi connectivity index (χ2v) is 7.58. The van der Waals surface area contributed by atoms with Gasteiger partial charge in [0.05, 0.1) is 0 Å². The highest BCUT2D eigenvalue weighted by Gasteiger charge is 2.34. The standard InChI is InChI=1S/C17H30N2O2/c1-12(19-16(20)21-17(2,3)4)7-8-18-11-15-10-13-5-6-14(15)9-13/h5-6,12-15,18H,7-11H2,1-4H3,(H,19,20). The van der Waals surface area contributed by atoms with Crippen LogP contribution < -0.4 is 10.6 Å². The molecule has 120 valence electrons. The van der Waals surface area contributed by atoms with E-state index < -0.39 is 5.60 Å². The largest absolute Gasteiger partial charge is 0.444 e. The topological polar surface area (TPSA) is 50.4 Å². The average Bonchev–Trinajstić information content (AvgIpc) is 2.94. The fraction of sp³-hybridized carbons (Fsp3) is 0.824. The summed E-state index contributed by atoms with van der Waals surface area (Å²) in [6.07, 6.45) is 8.09. The molecule has 4 atom stereocenters. The van der Waals surface area contributed by atoms with E-state index in [1.807, 2.05) is 27.7 Å². The van der Waals surface area contributed by atoms with Crippen molar-refractivity contribution in [1.82, 2.24) is 10.6 Å². The third-order valence-corrected chi connectivity index (χ3v) is 4.34. The van der Waals surface area contributed by atoms with Gasteiger partial charge in [0.15, 0.2) is 0 Å². The van der Waals surface area contributed by atoms with E-state index in [2.05, 4.69) is 22.8 Å². The molecule has 2 N–H and O–H groups in total. The summed E-state index contributed by atoms with van der Waals surface area (Å²) in [5.74, 6) is 2.46. The molecule has 21 heavy (non-hydrogen) atoms. The van der Waals surface area contributed by atoms with Crippen molar-refractivity contribution in [3.05, 3.63) is 12.2 Å². The van der Waals surface area contributed by atoms with Gasteiger partial charge in [0.25, 0.3) is 0 Å². The fourth-order valence-electron chi connectivity index (χ4n) is 3.32. The van der Waals surface area contributed by atoms with Crippen LogP contribution in [0.2, 0.25) is 0 Å². The first-order valence-electron chi connectivity index (χ1n) is 8.22. The predicted molar refractivity (Wildman–Crippen MR) is 85.2 cm³/mol. The Morgan fingerprint density at radius 1 is 1.33 bits per heavy atom. The molecule has 0 aromatic heterocycles. The number of ether oxygens (including phenoxy) is 1. The van der Waals surface area contributed by atoms with Crippen LogP contribution in [0.4, 0.5) is 4.79 Å². The lowest BCUT2D eigenvalue weighted by Crippen LogP contribution is -2.39. The van der Waals surface area contributed by atoms with Crippen LogP contribution in [0.1, 0.15) is 47.0 Å². The maximum atomic E-state index is 11.6. The van der Waals surface area contributed by atoms with Crippen molar-refractivity contribution in [2.75, 3.05) is 13.1 Å². The summed E-state index contributed by atoms with van der Waals surface area (Å²) in [4.78, 5) is 11.6. The van der Waals surface area contributed by atoms with Gasteiger partial charge in [0.2, 0.25) is 0 Å². The lowest BCUT2D eigenvalue weighted by atomic mass is 9.93. The number of hydrogen-bond acceptors (Lipinski definition) is 3. The molecular weight excluding hydrogens is 264 g/mol. The van der Waals surface area contributed by atoms with Gasteiger partial charge in [-0.15, -0.1) is 0 Å². The van der Waals surface area contributed by atoms with Gasteiger partial charge in [0, 0.05) is 6.04 Å². The number of allylic oxidation sites excluding steroid dienone is 2. The van der Waals surface area contributed by atoms with Gasteiger partial charge in [-0.25, -0.2) is 4.79 Å². The van der Waals surface area contributed by atoms with Crippen molar-refractivity contribution in [3.8, 4) is 0 Å². The highest BCUT2D eigenvalue weighted by Crippen LogP contribution is 2.42. The minimum atomic E-state index is -0.433. The molecule has 2 aliphatic rings. The van der Waals surface area contributed by atoms with Gasteiger partial charge in [-0.05, 0) is 77.8 Å². The van der Waals surface area contributed by atoms with Crippen LogP contribution in [-0.4, -0.2) is 30.8 Å². The molecule has 0 aromatic carbocycles. The first-order valence-corrected chi connectivity index (χ1v) is 8.22. The number of alkyl carbamates (subject to hydrolysis) is 1. The van der Waals surface area contributed by atoms with Crippen molar-refractivity contribution in [2.45, 2.75) is 58.6 Å². The van der Waals surface area contributed by atoms with E-state index in [1.54, 1.807) is 0 Å². The Morgan fingerprint density at radius 3 is 2.67 bits per heavy atom. The SMILES string of the molecule is CC(CCNCC1CC2C=CC1C2)NC(=O)OC(C)(C)C. The molecule has 1 fully saturated rings. The summed E-state index contributed by atoms with van der Waals surface area (Å²) in [5, 5.41) is 6.42. The fourth-order valence-corrected chi connectivity index (χ4v) is 3.32. The van der Waals surface area contributed by atoms with Crippen LogP contribution in [0.5, 0.6) is 0 Å². The van der Waals surface area contributed by atoms with Crippen molar-refractivity contribution in [2.24, 2.45) is 17.8 Å². The zero-order chi connectivity index (χ0) is 15.5. The molecule has 0 aliphatic heterocycles. The normalized spacial score (nSPS) is 28.7. The highest BCUT2D eigenvalue weighted by molar-refractivity contribution is 5.67. The van der Waals surface area contributed by atoms with Gasteiger partial charge in [-0.3, -0.25) is 0 Å². The number of fused-ring (bicyclic) bond motifs is 2. The lowest BCUT2D eigenvalue weighted by molar-refractivity contribution is 0.0506. The molecule has 4 unspecified atom stereocenters. The van der Waals surface area contributed by atoms with Crippen molar-refractivity contribution < 1.29 is 9.53 Å². The third kappa shape index (κ3) is 5.34. The van der Waals surface area contributed by atoms with Crippen LogP contribution >= 0.6 is 0 Å². The van der Waals surface area contributed by atoms with E-state index in [1.165, 1.54) is 12.8 Å². The molecule has 2 rings (SSSR count). The van der Waals surface area contributed by atoms with E-state index in [9.17, 15) is 4.79 Å².